The minimum absolute atomic E-state index is 0.115. The van der Waals surface area contributed by atoms with Gasteiger partial charge in [0, 0.05) is 39.3 Å². The molecular formula is C21H34FN5O. The van der Waals surface area contributed by atoms with Crippen LogP contribution in [0.5, 0.6) is 0 Å². The highest BCUT2D eigenvalue weighted by molar-refractivity contribution is 5.80. The molecule has 0 aliphatic carbocycles. The first kappa shape index (κ1) is 22.1. The van der Waals surface area contributed by atoms with E-state index in [9.17, 15) is 9.18 Å². The lowest BCUT2D eigenvalue weighted by Gasteiger charge is -2.32. The Kier molecular flexibility index (Phi) is 9.76. The van der Waals surface area contributed by atoms with Crippen molar-refractivity contribution in [3.8, 4) is 0 Å². The Morgan fingerprint density at radius 1 is 1.25 bits per heavy atom. The van der Waals surface area contributed by atoms with Crippen molar-refractivity contribution in [1.82, 2.24) is 20.9 Å². The molecule has 1 aromatic rings. The van der Waals surface area contributed by atoms with Gasteiger partial charge in [0.1, 0.15) is 5.82 Å². The summed E-state index contributed by atoms with van der Waals surface area (Å²) in [6.07, 6.45) is 4.69. The zero-order valence-electron chi connectivity index (χ0n) is 17.1. The fraction of sp³-hybridized carbons (Fsp3) is 0.619. The Morgan fingerprint density at radius 2 is 2.04 bits per heavy atom. The molecule has 1 saturated heterocycles. The molecule has 0 atom stereocenters. The molecule has 0 aromatic heterocycles. The number of benzene rings is 1. The van der Waals surface area contributed by atoms with Crippen molar-refractivity contribution in [2.75, 3.05) is 39.8 Å². The number of nitrogens with one attached hydrogen (secondary N) is 3. The minimum Gasteiger partial charge on any atom is -0.356 e. The average molecular weight is 392 g/mol. The third kappa shape index (κ3) is 8.25. The van der Waals surface area contributed by atoms with Crippen molar-refractivity contribution in [3.63, 3.8) is 0 Å². The number of rotatable bonds is 9. The van der Waals surface area contributed by atoms with Gasteiger partial charge >= 0.3 is 0 Å². The van der Waals surface area contributed by atoms with Crippen LogP contribution in [-0.4, -0.2) is 62.6 Å². The maximum absolute atomic E-state index is 13.2. The number of nitrogens with zero attached hydrogens (tertiary/aromatic N) is 2. The molecule has 6 nitrogen and oxygen atoms in total. The highest BCUT2D eigenvalue weighted by Crippen LogP contribution is 2.10. The molecule has 2 rings (SSSR count). The van der Waals surface area contributed by atoms with Gasteiger partial charge in [-0.2, -0.15) is 0 Å². The molecule has 1 aliphatic rings. The lowest BCUT2D eigenvalue weighted by atomic mass is 10.1. The van der Waals surface area contributed by atoms with E-state index in [-0.39, 0.29) is 11.7 Å². The molecule has 3 N–H and O–H groups in total. The standard InChI is InChI=1S/C21H34FN5O/c1-3-11-24-20(28)16-27-13-9-19(10-14-27)26-21(23-2)25-12-5-7-17-6-4-8-18(22)15-17/h4,6,8,15,19H,3,5,7,9-14,16H2,1-2H3,(H,24,28)(H2,23,25,26). The third-order valence-corrected chi connectivity index (χ3v) is 4.92. The number of likely N-dealkylation sites (tertiary alicyclic amines) is 1. The van der Waals surface area contributed by atoms with Gasteiger partial charge in [0.15, 0.2) is 5.96 Å². The number of aryl methyl sites for hydroxylation is 1. The third-order valence-electron chi connectivity index (χ3n) is 4.92. The molecule has 7 heteroatoms. The Hall–Kier alpha value is -2.15. The maximum Gasteiger partial charge on any atom is 0.234 e. The van der Waals surface area contributed by atoms with Crippen LogP contribution >= 0.6 is 0 Å². The van der Waals surface area contributed by atoms with E-state index < -0.39 is 0 Å². The predicted molar refractivity (Wildman–Crippen MR) is 112 cm³/mol. The highest BCUT2D eigenvalue weighted by atomic mass is 19.1. The van der Waals surface area contributed by atoms with Crippen LogP contribution < -0.4 is 16.0 Å². The van der Waals surface area contributed by atoms with Gasteiger partial charge in [-0.05, 0) is 49.8 Å². The normalized spacial score (nSPS) is 16.0. The average Bonchev–Trinajstić information content (AvgIpc) is 2.70. The number of carbonyl (C=O) groups is 1. The Labute approximate surface area is 168 Å². The van der Waals surface area contributed by atoms with Crippen LogP contribution in [0.2, 0.25) is 0 Å². The van der Waals surface area contributed by atoms with Crippen molar-refractivity contribution >= 4 is 11.9 Å². The quantitative estimate of drug-likeness (QED) is 0.342. The van der Waals surface area contributed by atoms with Crippen LogP contribution in [0.4, 0.5) is 4.39 Å². The number of guanidine groups is 1. The van der Waals surface area contributed by atoms with E-state index in [0.717, 1.165) is 69.8 Å². The summed E-state index contributed by atoms with van der Waals surface area (Å²) in [5.74, 6) is 0.736. The molecule has 0 unspecified atom stereocenters. The fourth-order valence-corrected chi connectivity index (χ4v) is 3.34. The van der Waals surface area contributed by atoms with Crippen LogP contribution in [0.1, 0.15) is 38.2 Å². The van der Waals surface area contributed by atoms with Crippen molar-refractivity contribution in [2.45, 2.75) is 45.1 Å². The summed E-state index contributed by atoms with van der Waals surface area (Å²) >= 11 is 0. The van der Waals surface area contributed by atoms with Crippen LogP contribution in [0.3, 0.4) is 0 Å². The first-order chi connectivity index (χ1) is 13.6. The van der Waals surface area contributed by atoms with E-state index in [2.05, 4.69) is 32.8 Å². The second-order valence-electron chi connectivity index (χ2n) is 7.28. The number of amides is 1. The van der Waals surface area contributed by atoms with E-state index in [1.165, 1.54) is 6.07 Å². The SMILES string of the molecule is CCCNC(=O)CN1CCC(NC(=NC)NCCCc2cccc(F)c2)CC1. The molecule has 1 heterocycles. The van der Waals surface area contributed by atoms with Crippen molar-refractivity contribution in [3.05, 3.63) is 35.6 Å². The monoisotopic (exact) mass is 391 g/mol. The number of halogens is 1. The molecule has 0 saturated carbocycles. The first-order valence-corrected chi connectivity index (χ1v) is 10.3. The van der Waals surface area contributed by atoms with Crippen LogP contribution in [0.25, 0.3) is 0 Å². The summed E-state index contributed by atoms with van der Waals surface area (Å²) in [5.41, 5.74) is 1.01. The summed E-state index contributed by atoms with van der Waals surface area (Å²) in [6.45, 7) is 5.89. The lowest BCUT2D eigenvalue weighted by Crippen LogP contribution is -2.50. The number of carbonyl (C=O) groups excluding carboxylic acids is 1. The first-order valence-electron chi connectivity index (χ1n) is 10.3. The van der Waals surface area contributed by atoms with E-state index in [1.54, 1.807) is 19.2 Å². The summed E-state index contributed by atoms with van der Waals surface area (Å²) in [4.78, 5) is 18.3. The number of hydrogen-bond donors (Lipinski definition) is 3. The van der Waals surface area contributed by atoms with Gasteiger partial charge in [0.2, 0.25) is 5.91 Å². The molecule has 0 radical (unpaired) electrons. The molecule has 0 spiro atoms. The van der Waals surface area contributed by atoms with Gasteiger partial charge in [-0.25, -0.2) is 4.39 Å². The lowest BCUT2D eigenvalue weighted by molar-refractivity contribution is -0.122. The second-order valence-corrected chi connectivity index (χ2v) is 7.28. The molecule has 156 valence electrons. The summed E-state index contributed by atoms with van der Waals surface area (Å²) in [7, 11) is 1.77. The summed E-state index contributed by atoms with van der Waals surface area (Å²) < 4.78 is 13.2. The van der Waals surface area contributed by atoms with Gasteiger partial charge in [-0.1, -0.05) is 19.1 Å². The topological polar surface area (TPSA) is 68.8 Å². The smallest absolute Gasteiger partial charge is 0.234 e. The molecule has 1 aromatic carbocycles. The number of piperidine rings is 1. The van der Waals surface area contributed by atoms with Crippen LogP contribution in [0.15, 0.2) is 29.3 Å². The number of hydrogen-bond acceptors (Lipinski definition) is 3. The second kappa shape index (κ2) is 12.3. The van der Waals surface area contributed by atoms with Gasteiger partial charge in [-0.3, -0.25) is 14.7 Å². The summed E-state index contributed by atoms with van der Waals surface area (Å²) in [6, 6.07) is 7.12. The van der Waals surface area contributed by atoms with E-state index >= 15 is 0 Å². The van der Waals surface area contributed by atoms with Crippen molar-refractivity contribution < 1.29 is 9.18 Å². The molecule has 28 heavy (non-hydrogen) atoms. The highest BCUT2D eigenvalue weighted by Gasteiger charge is 2.21. The Balaban J connectivity index is 1.62. The molecule has 0 bridgehead atoms. The molecular weight excluding hydrogens is 357 g/mol. The van der Waals surface area contributed by atoms with E-state index in [1.807, 2.05) is 6.07 Å². The Morgan fingerprint density at radius 3 is 2.71 bits per heavy atom. The number of aliphatic imine (C=N–C) groups is 1. The van der Waals surface area contributed by atoms with Gasteiger partial charge in [-0.15, -0.1) is 0 Å². The minimum atomic E-state index is -0.183. The van der Waals surface area contributed by atoms with Gasteiger partial charge < -0.3 is 16.0 Å². The zero-order valence-corrected chi connectivity index (χ0v) is 17.1. The van der Waals surface area contributed by atoms with Crippen molar-refractivity contribution in [2.24, 2.45) is 4.99 Å². The van der Waals surface area contributed by atoms with Crippen LogP contribution in [0, 0.1) is 5.82 Å². The van der Waals surface area contributed by atoms with E-state index in [4.69, 9.17) is 0 Å². The van der Waals surface area contributed by atoms with Crippen LogP contribution in [-0.2, 0) is 11.2 Å². The van der Waals surface area contributed by atoms with Gasteiger partial charge in [0.05, 0.1) is 6.54 Å². The predicted octanol–water partition coefficient (Wildman–Crippen LogP) is 1.91. The summed E-state index contributed by atoms with van der Waals surface area (Å²) in [5, 5.41) is 9.74. The molecule has 1 fully saturated rings. The maximum atomic E-state index is 13.2. The van der Waals surface area contributed by atoms with E-state index in [0.29, 0.717) is 12.6 Å². The fourth-order valence-electron chi connectivity index (χ4n) is 3.34. The zero-order chi connectivity index (χ0) is 20.2. The Bertz CT molecular complexity index is 629. The largest absolute Gasteiger partial charge is 0.356 e. The van der Waals surface area contributed by atoms with Crippen molar-refractivity contribution in [1.29, 1.82) is 0 Å². The van der Waals surface area contributed by atoms with Gasteiger partial charge in [0.25, 0.3) is 0 Å². The molecule has 1 aliphatic heterocycles. The molecule has 1 amide bonds.